The molecule has 5 nitrogen and oxygen atoms in total. The van der Waals surface area contributed by atoms with Crippen molar-refractivity contribution in [2.24, 2.45) is 0 Å². The van der Waals surface area contributed by atoms with E-state index >= 15 is 0 Å². The molecule has 1 aromatic heterocycles. The summed E-state index contributed by atoms with van der Waals surface area (Å²) >= 11 is 0. The van der Waals surface area contributed by atoms with Crippen molar-refractivity contribution in [3.8, 4) is 0 Å². The predicted octanol–water partition coefficient (Wildman–Crippen LogP) is 1.79. The highest BCUT2D eigenvalue weighted by atomic mass is 16.5. The first-order chi connectivity index (χ1) is 8.49. The highest BCUT2D eigenvalue weighted by Gasteiger charge is 2.33. The van der Waals surface area contributed by atoms with E-state index in [1.807, 2.05) is 0 Å². The lowest BCUT2D eigenvalue weighted by atomic mass is 10.0. The Morgan fingerprint density at radius 2 is 2.28 bits per heavy atom. The minimum Gasteiger partial charge on any atom is -0.432 e. The number of rotatable bonds is 4. The molecule has 0 atom stereocenters. The first-order valence-corrected chi connectivity index (χ1v) is 6.52. The molecule has 0 aromatic carbocycles. The lowest BCUT2D eigenvalue weighted by Crippen LogP contribution is -2.53. The molecular weight excluding hydrogens is 230 g/mol. The van der Waals surface area contributed by atoms with Crippen molar-refractivity contribution < 1.29 is 9.15 Å². The van der Waals surface area contributed by atoms with Gasteiger partial charge in [-0.3, -0.25) is 0 Å². The normalized spacial score (nSPS) is 19.5. The molecule has 0 aliphatic carbocycles. The van der Waals surface area contributed by atoms with Gasteiger partial charge in [-0.05, 0) is 13.8 Å². The van der Waals surface area contributed by atoms with Crippen molar-refractivity contribution >= 4 is 6.01 Å². The molecule has 102 valence electrons. The van der Waals surface area contributed by atoms with Gasteiger partial charge in [0.1, 0.15) is 6.26 Å². The second kappa shape index (κ2) is 5.28. The molecule has 0 bridgehead atoms. The van der Waals surface area contributed by atoms with Crippen molar-refractivity contribution in [1.82, 2.24) is 10.3 Å². The number of anilines is 1. The Hall–Kier alpha value is -1.07. The summed E-state index contributed by atoms with van der Waals surface area (Å²) in [6.45, 7) is 11.5. The molecule has 5 heteroatoms. The van der Waals surface area contributed by atoms with Gasteiger partial charge >= 0.3 is 0 Å². The number of oxazole rings is 1. The van der Waals surface area contributed by atoms with E-state index in [0.717, 1.165) is 25.4 Å². The standard InChI is InChI=1S/C13H23N3O2/c1-10(2)14-7-11-8-18-12(15-11)16-5-6-17-9-13(16,3)4/h8,10,14H,5-7,9H2,1-4H3. The Labute approximate surface area is 109 Å². The summed E-state index contributed by atoms with van der Waals surface area (Å²) in [5, 5.41) is 3.33. The Balaban J connectivity index is 2.04. The van der Waals surface area contributed by atoms with E-state index in [4.69, 9.17) is 9.15 Å². The smallest absolute Gasteiger partial charge is 0.298 e. The van der Waals surface area contributed by atoms with Crippen LogP contribution < -0.4 is 10.2 Å². The van der Waals surface area contributed by atoms with E-state index in [1.165, 1.54) is 0 Å². The highest BCUT2D eigenvalue weighted by molar-refractivity contribution is 5.32. The molecule has 1 fully saturated rings. The number of ether oxygens (including phenoxy) is 1. The van der Waals surface area contributed by atoms with Crippen LogP contribution in [-0.2, 0) is 11.3 Å². The second-order valence-corrected chi connectivity index (χ2v) is 5.67. The van der Waals surface area contributed by atoms with E-state index in [1.54, 1.807) is 6.26 Å². The minimum absolute atomic E-state index is 0.0636. The van der Waals surface area contributed by atoms with E-state index in [0.29, 0.717) is 18.7 Å². The van der Waals surface area contributed by atoms with Gasteiger partial charge < -0.3 is 19.4 Å². The number of hydrogen-bond acceptors (Lipinski definition) is 5. The first-order valence-electron chi connectivity index (χ1n) is 6.52. The fraction of sp³-hybridized carbons (Fsp3) is 0.769. The third-order valence-corrected chi connectivity index (χ3v) is 3.11. The average Bonchev–Trinajstić information content (AvgIpc) is 2.74. The zero-order valence-corrected chi connectivity index (χ0v) is 11.7. The number of hydrogen-bond donors (Lipinski definition) is 1. The summed E-state index contributed by atoms with van der Waals surface area (Å²) in [4.78, 5) is 6.72. The van der Waals surface area contributed by atoms with Gasteiger partial charge in [0.05, 0.1) is 24.4 Å². The van der Waals surface area contributed by atoms with Crippen LogP contribution in [0.4, 0.5) is 6.01 Å². The maximum absolute atomic E-state index is 5.59. The monoisotopic (exact) mass is 253 g/mol. The fourth-order valence-corrected chi connectivity index (χ4v) is 2.02. The maximum Gasteiger partial charge on any atom is 0.298 e. The molecule has 1 aliphatic rings. The molecule has 0 spiro atoms. The quantitative estimate of drug-likeness (QED) is 0.886. The Morgan fingerprint density at radius 3 is 2.94 bits per heavy atom. The zero-order chi connectivity index (χ0) is 13.2. The summed E-state index contributed by atoms with van der Waals surface area (Å²) in [6, 6.07) is 1.15. The summed E-state index contributed by atoms with van der Waals surface area (Å²) in [5.41, 5.74) is 0.882. The molecular formula is C13H23N3O2. The van der Waals surface area contributed by atoms with Crippen molar-refractivity contribution in [2.75, 3.05) is 24.7 Å². The lowest BCUT2D eigenvalue weighted by molar-refractivity contribution is 0.0612. The van der Waals surface area contributed by atoms with Crippen LogP contribution >= 0.6 is 0 Å². The van der Waals surface area contributed by atoms with Crippen LogP contribution in [0.2, 0.25) is 0 Å². The van der Waals surface area contributed by atoms with Gasteiger partial charge in [-0.25, -0.2) is 0 Å². The topological polar surface area (TPSA) is 50.5 Å². The summed E-state index contributed by atoms with van der Waals surface area (Å²) < 4.78 is 11.1. The summed E-state index contributed by atoms with van der Waals surface area (Å²) in [7, 11) is 0. The lowest BCUT2D eigenvalue weighted by Gasteiger charge is -2.40. The Morgan fingerprint density at radius 1 is 1.50 bits per heavy atom. The van der Waals surface area contributed by atoms with Gasteiger partial charge in [-0.1, -0.05) is 13.8 Å². The highest BCUT2D eigenvalue weighted by Crippen LogP contribution is 2.26. The van der Waals surface area contributed by atoms with E-state index in [2.05, 4.69) is 42.9 Å². The Kier molecular flexibility index (Phi) is 3.92. The molecule has 1 N–H and O–H groups in total. The fourth-order valence-electron chi connectivity index (χ4n) is 2.02. The van der Waals surface area contributed by atoms with Gasteiger partial charge in [0.25, 0.3) is 6.01 Å². The average molecular weight is 253 g/mol. The molecule has 18 heavy (non-hydrogen) atoms. The molecule has 0 saturated carbocycles. The van der Waals surface area contributed by atoms with Crippen molar-refractivity contribution in [3.05, 3.63) is 12.0 Å². The number of aromatic nitrogens is 1. The van der Waals surface area contributed by atoms with Gasteiger partial charge in [0.2, 0.25) is 0 Å². The van der Waals surface area contributed by atoms with Crippen molar-refractivity contribution in [2.45, 2.75) is 45.8 Å². The third-order valence-electron chi connectivity index (χ3n) is 3.11. The van der Waals surface area contributed by atoms with Crippen LogP contribution in [0.1, 0.15) is 33.4 Å². The summed E-state index contributed by atoms with van der Waals surface area (Å²) in [5.74, 6) is 0. The van der Waals surface area contributed by atoms with Crippen LogP contribution in [0.15, 0.2) is 10.7 Å². The SMILES string of the molecule is CC(C)NCc1coc(N2CCOCC2(C)C)n1. The number of nitrogens with zero attached hydrogens (tertiary/aromatic N) is 2. The molecule has 1 saturated heterocycles. The second-order valence-electron chi connectivity index (χ2n) is 5.67. The van der Waals surface area contributed by atoms with Crippen LogP contribution in [0, 0.1) is 0 Å². The van der Waals surface area contributed by atoms with E-state index in [-0.39, 0.29) is 5.54 Å². The number of morpholine rings is 1. The zero-order valence-electron chi connectivity index (χ0n) is 11.7. The minimum atomic E-state index is -0.0636. The molecule has 1 aromatic rings. The van der Waals surface area contributed by atoms with Gasteiger partial charge in [0.15, 0.2) is 0 Å². The summed E-state index contributed by atoms with van der Waals surface area (Å²) in [6.07, 6.45) is 1.73. The maximum atomic E-state index is 5.59. The van der Waals surface area contributed by atoms with E-state index < -0.39 is 0 Å². The molecule has 2 heterocycles. The Bertz CT molecular complexity index is 387. The van der Waals surface area contributed by atoms with Gasteiger partial charge in [-0.2, -0.15) is 4.98 Å². The van der Waals surface area contributed by atoms with Crippen molar-refractivity contribution in [3.63, 3.8) is 0 Å². The molecule has 0 amide bonds. The van der Waals surface area contributed by atoms with Crippen molar-refractivity contribution in [1.29, 1.82) is 0 Å². The van der Waals surface area contributed by atoms with Crippen LogP contribution in [0.3, 0.4) is 0 Å². The van der Waals surface area contributed by atoms with Crippen LogP contribution in [0.25, 0.3) is 0 Å². The number of nitrogens with one attached hydrogen (secondary N) is 1. The van der Waals surface area contributed by atoms with Crippen LogP contribution in [0.5, 0.6) is 0 Å². The molecule has 2 rings (SSSR count). The van der Waals surface area contributed by atoms with Gasteiger partial charge in [-0.15, -0.1) is 0 Å². The third kappa shape index (κ3) is 3.03. The largest absolute Gasteiger partial charge is 0.432 e. The first kappa shape index (κ1) is 13.4. The van der Waals surface area contributed by atoms with E-state index in [9.17, 15) is 0 Å². The van der Waals surface area contributed by atoms with Crippen LogP contribution in [-0.4, -0.2) is 36.3 Å². The predicted molar refractivity (Wildman–Crippen MR) is 70.7 cm³/mol. The van der Waals surface area contributed by atoms with Gasteiger partial charge in [0, 0.05) is 19.1 Å². The molecule has 0 unspecified atom stereocenters. The molecule has 1 aliphatic heterocycles. The molecule has 0 radical (unpaired) electrons.